The van der Waals surface area contributed by atoms with Gasteiger partial charge in [0, 0.05) is 17.7 Å². The van der Waals surface area contributed by atoms with Gasteiger partial charge in [-0.15, -0.1) is 0 Å². The van der Waals surface area contributed by atoms with Crippen LogP contribution in [0.25, 0.3) is 0 Å². The minimum atomic E-state index is -1.38. The van der Waals surface area contributed by atoms with Crippen molar-refractivity contribution in [2.75, 3.05) is 0 Å². The molecule has 25 heavy (non-hydrogen) atoms. The molecule has 1 aromatic rings. The van der Waals surface area contributed by atoms with E-state index < -0.39 is 11.1 Å². The topological polar surface area (TPSA) is 89.7 Å². The number of ether oxygens (including phenoxy) is 1. The summed E-state index contributed by atoms with van der Waals surface area (Å²) in [4.78, 5) is 21.5. The molecule has 0 unspecified atom stereocenters. The molecule has 6 nitrogen and oxygen atoms in total. The third kappa shape index (κ3) is 3.22. The molecule has 6 heteroatoms. The quantitative estimate of drug-likeness (QED) is 0.358. The lowest BCUT2D eigenvalue weighted by atomic mass is 9.48. The number of aryl methyl sites for hydroxylation is 1. The Kier molecular flexibility index (Phi) is 3.93. The first-order valence-electron chi connectivity index (χ1n) is 9.10. The van der Waals surface area contributed by atoms with Gasteiger partial charge in [-0.3, -0.25) is 10.1 Å². The highest BCUT2D eigenvalue weighted by Gasteiger charge is 2.50. The summed E-state index contributed by atoms with van der Waals surface area (Å²) in [5.41, 5.74) is 0.963. The Bertz CT molecular complexity index is 678. The van der Waals surface area contributed by atoms with E-state index in [4.69, 9.17) is 9.84 Å². The molecule has 0 aliphatic heterocycles. The number of nitro groups is 1. The minimum absolute atomic E-state index is 0.0155. The normalized spacial score (nSPS) is 32.6. The Balaban J connectivity index is 1.54. The standard InChI is InChI=1S/C19H23NO5/c21-18(22)25-17-2-1-16(20(23)24)8-15(17)3-4-19-9-12-5-13(10-19)7-14(6-12)11-19/h1-2,8,12-14H,3-7,9-11H2,(H,21,22). The molecular weight excluding hydrogens is 322 g/mol. The van der Waals surface area contributed by atoms with Gasteiger partial charge in [0.2, 0.25) is 0 Å². The Hall–Kier alpha value is -2.11. The van der Waals surface area contributed by atoms with Gasteiger partial charge < -0.3 is 9.84 Å². The maximum Gasteiger partial charge on any atom is 0.511 e. The first kappa shape index (κ1) is 16.4. The van der Waals surface area contributed by atoms with Crippen molar-refractivity contribution in [3.05, 3.63) is 33.9 Å². The molecule has 0 spiro atoms. The van der Waals surface area contributed by atoms with Gasteiger partial charge in [-0.05, 0) is 80.6 Å². The molecule has 1 aromatic carbocycles. The molecule has 5 rings (SSSR count). The molecule has 4 saturated carbocycles. The molecule has 0 radical (unpaired) electrons. The minimum Gasteiger partial charge on any atom is -0.449 e. The highest BCUT2D eigenvalue weighted by Crippen LogP contribution is 2.61. The van der Waals surface area contributed by atoms with Crippen molar-refractivity contribution < 1.29 is 19.6 Å². The van der Waals surface area contributed by atoms with Crippen molar-refractivity contribution in [1.82, 2.24) is 0 Å². The van der Waals surface area contributed by atoms with E-state index in [-0.39, 0.29) is 11.4 Å². The molecule has 4 aliphatic carbocycles. The molecule has 0 amide bonds. The summed E-state index contributed by atoms with van der Waals surface area (Å²) >= 11 is 0. The number of hydrogen-bond donors (Lipinski definition) is 1. The Morgan fingerprint density at radius 2 is 1.80 bits per heavy atom. The third-order valence-corrected chi connectivity index (χ3v) is 6.54. The van der Waals surface area contributed by atoms with Crippen LogP contribution in [-0.4, -0.2) is 16.2 Å². The number of nitro benzene ring substituents is 1. The predicted octanol–water partition coefficient (Wildman–Crippen LogP) is 4.80. The lowest BCUT2D eigenvalue weighted by molar-refractivity contribution is -0.384. The predicted molar refractivity (Wildman–Crippen MR) is 90.7 cm³/mol. The van der Waals surface area contributed by atoms with Gasteiger partial charge in [-0.2, -0.15) is 0 Å². The van der Waals surface area contributed by atoms with Gasteiger partial charge in [-0.1, -0.05) is 0 Å². The zero-order valence-corrected chi connectivity index (χ0v) is 14.1. The zero-order chi connectivity index (χ0) is 17.6. The van der Waals surface area contributed by atoms with Gasteiger partial charge in [0.15, 0.2) is 0 Å². The molecule has 0 aromatic heterocycles. The van der Waals surface area contributed by atoms with Crippen LogP contribution < -0.4 is 4.74 Å². The summed E-state index contributed by atoms with van der Waals surface area (Å²) in [7, 11) is 0. The second-order valence-electron chi connectivity index (χ2n) is 8.33. The maximum atomic E-state index is 11.1. The van der Waals surface area contributed by atoms with Crippen molar-refractivity contribution in [1.29, 1.82) is 0 Å². The lowest BCUT2D eigenvalue weighted by Crippen LogP contribution is -2.46. The summed E-state index contributed by atoms with van der Waals surface area (Å²) in [5, 5.41) is 20.0. The van der Waals surface area contributed by atoms with E-state index in [1.54, 1.807) is 0 Å². The highest BCUT2D eigenvalue weighted by atomic mass is 16.7. The fourth-order valence-corrected chi connectivity index (χ4v) is 6.06. The Morgan fingerprint density at radius 3 is 2.32 bits per heavy atom. The van der Waals surface area contributed by atoms with Gasteiger partial charge in [0.05, 0.1) is 4.92 Å². The van der Waals surface area contributed by atoms with Crippen molar-refractivity contribution in [2.45, 2.75) is 51.4 Å². The van der Waals surface area contributed by atoms with Crippen LogP contribution >= 0.6 is 0 Å². The maximum absolute atomic E-state index is 11.1. The van der Waals surface area contributed by atoms with E-state index in [1.165, 1.54) is 56.7 Å². The zero-order valence-electron chi connectivity index (χ0n) is 14.1. The van der Waals surface area contributed by atoms with Crippen LogP contribution in [0.1, 0.15) is 50.5 Å². The first-order chi connectivity index (χ1) is 11.9. The van der Waals surface area contributed by atoms with Gasteiger partial charge in [0.1, 0.15) is 5.75 Å². The van der Waals surface area contributed by atoms with Crippen molar-refractivity contribution in [3.8, 4) is 5.75 Å². The number of benzene rings is 1. The summed E-state index contributed by atoms with van der Waals surface area (Å²) in [6.07, 6.45) is 8.15. The fraction of sp³-hybridized carbons (Fsp3) is 0.632. The van der Waals surface area contributed by atoms with E-state index in [1.807, 2.05) is 0 Å². The molecule has 4 bridgehead atoms. The van der Waals surface area contributed by atoms with Crippen LogP contribution in [0.3, 0.4) is 0 Å². The fourth-order valence-electron chi connectivity index (χ4n) is 6.06. The van der Waals surface area contributed by atoms with Crippen LogP contribution in [-0.2, 0) is 6.42 Å². The van der Waals surface area contributed by atoms with Gasteiger partial charge in [0.25, 0.3) is 5.69 Å². The smallest absolute Gasteiger partial charge is 0.449 e. The molecule has 1 N–H and O–H groups in total. The number of hydrogen-bond acceptors (Lipinski definition) is 4. The number of rotatable bonds is 5. The molecule has 0 saturated heterocycles. The monoisotopic (exact) mass is 345 g/mol. The summed E-state index contributed by atoms with van der Waals surface area (Å²) in [6, 6.07) is 4.17. The highest BCUT2D eigenvalue weighted by molar-refractivity contribution is 5.62. The summed E-state index contributed by atoms with van der Waals surface area (Å²) < 4.78 is 4.85. The third-order valence-electron chi connectivity index (χ3n) is 6.54. The SMILES string of the molecule is O=C(O)Oc1ccc([N+](=O)[O-])cc1CCC12CC3CC(CC(C3)C1)C2. The van der Waals surface area contributed by atoms with E-state index in [0.717, 1.165) is 24.2 Å². The first-order valence-corrected chi connectivity index (χ1v) is 9.10. The Morgan fingerprint density at radius 1 is 1.20 bits per heavy atom. The number of nitrogens with zero attached hydrogens (tertiary/aromatic N) is 1. The Labute approximate surface area is 146 Å². The largest absolute Gasteiger partial charge is 0.511 e. The number of carbonyl (C=O) groups is 1. The second-order valence-corrected chi connectivity index (χ2v) is 8.33. The van der Waals surface area contributed by atoms with Crippen molar-refractivity contribution in [2.24, 2.45) is 23.2 Å². The van der Waals surface area contributed by atoms with Crippen LogP contribution in [0.4, 0.5) is 10.5 Å². The van der Waals surface area contributed by atoms with Crippen LogP contribution in [0.2, 0.25) is 0 Å². The molecule has 0 heterocycles. The second kappa shape index (κ2) is 6.00. The number of carboxylic acid groups (broad SMARTS) is 1. The summed E-state index contributed by atoms with van der Waals surface area (Å²) in [6.45, 7) is 0. The molecule has 134 valence electrons. The lowest BCUT2D eigenvalue weighted by Gasteiger charge is -2.57. The van der Waals surface area contributed by atoms with E-state index >= 15 is 0 Å². The van der Waals surface area contributed by atoms with Crippen LogP contribution in [0.5, 0.6) is 5.75 Å². The molecular formula is C19H23NO5. The average Bonchev–Trinajstić information content (AvgIpc) is 2.52. The van der Waals surface area contributed by atoms with Gasteiger partial charge in [-0.25, -0.2) is 4.79 Å². The molecule has 0 atom stereocenters. The van der Waals surface area contributed by atoms with Crippen LogP contribution in [0, 0.1) is 33.3 Å². The average molecular weight is 345 g/mol. The van der Waals surface area contributed by atoms with Crippen molar-refractivity contribution in [3.63, 3.8) is 0 Å². The van der Waals surface area contributed by atoms with E-state index in [2.05, 4.69) is 0 Å². The number of non-ortho nitro benzene ring substituents is 1. The van der Waals surface area contributed by atoms with Crippen molar-refractivity contribution >= 4 is 11.8 Å². The molecule has 4 aliphatic rings. The van der Waals surface area contributed by atoms with E-state index in [0.29, 0.717) is 17.4 Å². The van der Waals surface area contributed by atoms with E-state index in [9.17, 15) is 14.9 Å². The summed E-state index contributed by atoms with van der Waals surface area (Å²) in [5.74, 6) is 2.78. The molecule has 4 fully saturated rings. The van der Waals surface area contributed by atoms with Gasteiger partial charge >= 0.3 is 6.16 Å². The van der Waals surface area contributed by atoms with Crippen LogP contribution in [0.15, 0.2) is 18.2 Å².